The Hall–Kier alpha value is -2.29. The van der Waals surface area contributed by atoms with Crippen LogP contribution >= 0.6 is 12.2 Å². The Morgan fingerprint density at radius 2 is 1.36 bits per heavy atom. The number of benzene rings is 2. The summed E-state index contributed by atoms with van der Waals surface area (Å²) in [5.74, 6) is -8.50. The van der Waals surface area contributed by atoms with E-state index in [2.05, 4.69) is 17.5 Å². The molecule has 2 N–H and O–H groups in total. The van der Waals surface area contributed by atoms with Crippen molar-refractivity contribution < 1.29 is 26.3 Å². The third kappa shape index (κ3) is 3.30. The molecular weight excluding hydrogens is 330 g/mol. The maximum Gasteiger partial charge on any atom is 0.185 e. The van der Waals surface area contributed by atoms with Crippen molar-refractivity contribution in [3.05, 3.63) is 59.2 Å². The molecule has 0 aliphatic rings. The SMILES string of the molecule is Fc1ccc(NC(=S)Nc2c(F)c(F)cc(F)c2F)c(F)c1. The van der Waals surface area contributed by atoms with Crippen LogP contribution in [-0.4, -0.2) is 5.11 Å². The van der Waals surface area contributed by atoms with Gasteiger partial charge in [-0.2, -0.15) is 0 Å². The van der Waals surface area contributed by atoms with Gasteiger partial charge in [0.1, 0.15) is 17.3 Å². The summed E-state index contributed by atoms with van der Waals surface area (Å²) < 4.78 is 79.0. The molecule has 0 aliphatic heterocycles. The molecule has 116 valence electrons. The summed E-state index contributed by atoms with van der Waals surface area (Å²) in [6.45, 7) is 0. The van der Waals surface area contributed by atoms with E-state index < -0.39 is 45.7 Å². The van der Waals surface area contributed by atoms with Gasteiger partial charge in [-0.05, 0) is 24.4 Å². The van der Waals surface area contributed by atoms with Crippen molar-refractivity contribution in [2.45, 2.75) is 0 Å². The van der Waals surface area contributed by atoms with Gasteiger partial charge >= 0.3 is 0 Å². The molecule has 0 aliphatic carbocycles. The largest absolute Gasteiger partial charge is 0.330 e. The van der Waals surface area contributed by atoms with E-state index in [0.717, 1.165) is 12.1 Å². The quantitative estimate of drug-likeness (QED) is 0.485. The lowest BCUT2D eigenvalue weighted by atomic mass is 10.2. The fourth-order valence-corrected chi connectivity index (χ4v) is 1.75. The van der Waals surface area contributed by atoms with Crippen molar-refractivity contribution in [3.63, 3.8) is 0 Å². The highest BCUT2D eigenvalue weighted by atomic mass is 32.1. The zero-order chi connectivity index (χ0) is 16.4. The van der Waals surface area contributed by atoms with E-state index in [1.165, 1.54) is 0 Å². The van der Waals surface area contributed by atoms with Gasteiger partial charge in [0.25, 0.3) is 0 Å². The second-order valence-electron chi connectivity index (χ2n) is 4.05. The van der Waals surface area contributed by atoms with Gasteiger partial charge in [-0.3, -0.25) is 0 Å². The zero-order valence-electron chi connectivity index (χ0n) is 10.5. The number of halogens is 6. The summed E-state index contributed by atoms with van der Waals surface area (Å²) in [7, 11) is 0. The molecule has 2 nitrogen and oxygen atoms in total. The molecular formula is C13H6F6N2S. The van der Waals surface area contributed by atoms with Crippen molar-refractivity contribution >= 4 is 28.7 Å². The maximum absolute atomic E-state index is 13.4. The average molecular weight is 336 g/mol. The van der Waals surface area contributed by atoms with Gasteiger partial charge in [0.2, 0.25) is 0 Å². The summed E-state index contributed by atoms with van der Waals surface area (Å²) in [5.41, 5.74) is -1.46. The van der Waals surface area contributed by atoms with Gasteiger partial charge < -0.3 is 10.6 Å². The van der Waals surface area contributed by atoms with Gasteiger partial charge in [-0.25, -0.2) is 26.3 Å². The molecule has 0 heterocycles. The molecule has 0 atom stereocenters. The van der Waals surface area contributed by atoms with Crippen molar-refractivity contribution in [1.29, 1.82) is 0 Å². The Kier molecular flexibility index (Phi) is 4.55. The molecule has 0 fully saturated rings. The Bertz CT molecular complexity index is 724. The first kappa shape index (κ1) is 16.1. The van der Waals surface area contributed by atoms with Crippen molar-refractivity contribution in [3.8, 4) is 0 Å². The minimum Gasteiger partial charge on any atom is -0.330 e. The van der Waals surface area contributed by atoms with Crippen LogP contribution in [0.4, 0.5) is 37.7 Å². The van der Waals surface area contributed by atoms with Crippen molar-refractivity contribution in [2.75, 3.05) is 10.6 Å². The molecule has 2 rings (SSSR count). The third-order valence-corrected chi connectivity index (χ3v) is 2.73. The maximum atomic E-state index is 13.4. The number of anilines is 2. The molecule has 0 saturated carbocycles. The van der Waals surface area contributed by atoms with Crippen molar-refractivity contribution in [2.24, 2.45) is 0 Å². The van der Waals surface area contributed by atoms with Crippen LogP contribution in [0.1, 0.15) is 0 Å². The van der Waals surface area contributed by atoms with Gasteiger partial charge in [-0.1, -0.05) is 0 Å². The van der Waals surface area contributed by atoms with Gasteiger partial charge in [0, 0.05) is 12.1 Å². The predicted octanol–water partition coefficient (Wildman–Crippen LogP) is 4.33. The van der Waals surface area contributed by atoms with Crippen LogP contribution < -0.4 is 10.6 Å². The van der Waals surface area contributed by atoms with Crippen LogP contribution in [-0.2, 0) is 0 Å². The smallest absolute Gasteiger partial charge is 0.185 e. The number of hydrogen-bond donors (Lipinski definition) is 2. The first-order valence-corrected chi connectivity index (χ1v) is 6.06. The number of nitrogens with one attached hydrogen (secondary N) is 2. The normalized spacial score (nSPS) is 10.5. The van der Waals surface area contributed by atoms with Gasteiger partial charge in [-0.15, -0.1) is 0 Å². The summed E-state index contributed by atoms with van der Waals surface area (Å²) in [4.78, 5) is 0. The van der Waals surface area contributed by atoms with Crippen LogP contribution in [0.5, 0.6) is 0 Å². The van der Waals surface area contributed by atoms with Gasteiger partial charge in [0.05, 0.1) is 5.69 Å². The van der Waals surface area contributed by atoms with E-state index in [9.17, 15) is 26.3 Å². The number of rotatable bonds is 2. The molecule has 9 heteroatoms. The first-order valence-electron chi connectivity index (χ1n) is 5.65. The Balaban J connectivity index is 2.23. The molecule has 22 heavy (non-hydrogen) atoms. The predicted molar refractivity (Wildman–Crippen MR) is 72.5 cm³/mol. The molecule has 0 radical (unpaired) electrons. The van der Waals surface area contributed by atoms with E-state index in [4.69, 9.17) is 0 Å². The number of thiocarbonyl (C=S) groups is 1. The fraction of sp³-hybridized carbons (Fsp3) is 0. The highest BCUT2D eigenvalue weighted by Gasteiger charge is 2.20. The van der Waals surface area contributed by atoms with E-state index in [1.54, 1.807) is 0 Å². The van der Waals surface area contributed by atoms with Crippen LogP contribution in [0.15, 0.2) is 24.3 Å². The molecule has 0 saturated heterocycles. The van der Waals surface area contributed by atoms with Crippen molar-refractivity contribution in [1.82, 2.24) is 0 Å². The molecule has 0 amide bonds. The Labute approximate surface area is 125 Å². The third-order valence-electron chi connectivity index (χ3n) is 2.53. The number of hydrogen-bond acceptors (Lipinski definition) is 1. The second-order valence-corrected chi connectivity index (χ2v) is 4.45. The molecule has 0 spiro atoms. The lowest BCUT2D eigenvalue weighted by Gasteiger charge is -2.13. The molecule has 2 aromatic rings. The molecule has 0 aromatic heterocycles. The van der Waals surface area contributed by atoms with Gasteiger partial charge in [0.15, 0.2) is 28.4 Å². The zero-order valence-corrected chi connectivity index (χ0v) is 11.3. The summed E-state index contributed by atoms with van der Waals surface area (Å²) in [6.07, 6.45) is 0. The van der Waals surface area contributed by atoms with Crippen LogP contribution in [0, 0.1) is 34.9 Å². The highest BCUT2D eigenvalue weighted by Crippen LogP contribution is 2.24. The Morgan fingerprint density at radius 3 is 1.91 bits per heavy atom. The lowest BCUT2D eigenvalue weighted by molar-refractivity contribution is 0.459. The van der Waals surface area contributed by atoms with Crippen LogP contribution in [0.2, 0.25) is 0 Å². The van der Waals surface area contributed by atoms with Crippen LogP contribution in [0.25, 0.3) is 0 Å². The second kappa shape index (κ2) is 6.22. The lowest BCUT2D eigenvalue weighted by Crippen LogP contribution is -2.22. The monoisotopic (exact) mass is 336 g/mol. The Morgan fingerprint density at radius 1 is 0.773 bits per heavy atom. The average Bonchev–Trinajstić information content (AvgIpc) is 2.44. The van der Waals surface area contributed by atoms with E-state index in [1.807, 2.05) is 5.32 Å². The first-order chi connectivity index (χ1) is 10.3. The minimum atomic E-state index is -1.69. The topological polar surface area (TPSA) is 24.1 Å². The van der Waals surface area contributed by atoms with E-state index in [0.29, 0.717) is 6.07 Å². The molecule has 0 bridgehead atoms. The summed E-state index contributed by atoms with van der Waals surface area (Å²) >= 11 is 4.66. The summed E-state index contributed by atoms with van der Waals surface area (Å²) in [6, 6.07) is 2.48. The molecule has 0 unspecified atom stereocenters. The molecule has 2 aromatic carbocycles. The summed E-state index contributed by atoms with van der Waals surface area (Å²) in [5, 5.41) is 3.51. The fourth-order valence-electron chi connectivity index (χ4n) is 1.54. The minimum absolute atomic E-state index is 0.0337. The van der Waals surface area contributed by atoms with E-state index in [-0.39, 0.29) is 11.8 Å². The highest BCUT2D eigenvalue weighted by molar-refractivity contribution is 7.80. The van der Waals surface area contributed by atoms with E-state index >= 15 is 0 Å². The van der Waals surface area contributed by atoms with Crippen LogP contribution in [0.3, 0.4) is 0 Å². The standard InChI is InChI=1S/C13H6F6N2S/c14-5-1-2-9(6(15)3-5)20-13(22)21-12-10(18)7(16)4-8(17)11(12)19/h1-4H,(H2,20,21,22).